The summed E-state index contributed by atoms with van der Waals surface area (Å²) in [4.78, 5) is 21.7. The first-order valence-electron chi connectivity index (χ1n) is 9.96. The number of hydrogen-bond donors (Lipinski definition) is 2. The Hall–Kier alpha value is -2.92. The van der Waals surface area contributed by atoms with E-state index >= 15 is 0 Å². The van der Waals surface area contributed by atoms with Gasteiger partial charge in [0.15, 0.2) is 0 Å². The van der Waals surface area contributed by atoms with Gasteiger partial charge in [0, 0.05) is 17.7 Å². The van der Waals surface area contributed by atoms with Crippen LogP contribution in [0.15, 0.2) is 66.0 Å². The van der Waals surface area contributed by atoms with Gasteiger partial charge in [-0.1, -0.05) is 56.3 Å². The van der Waals surface area contributed by atoms with Gasteiger partial charge in [-0.2, -0.15) is 0 Å². The van der Waals surface area contributed by atoms with Gasteiger partial charge in [0.25, 0.3) is 0 Å². The fraction of sp³-hybridized carbons (Fsp3) is 0.250. The van der Waals surface area contributed by atoms with Crippen LogP contribution in [-0.4, -0.2) is 15.9 Å². The lowest BCUT2D eigenvalue weighted by molar-refractivity contribution is -0.121. The van der Waals surface area contributed by atoms with E-state index in [0.29, 0.717) is 18.8 Å². The molecule has 0 aliphatic heterocycles. The van der Waals surface area contributed by atoms with Gasteiger partial charge in [-0.3, -0.25) is 4.79 Å². The van der Waals surface area contributed by atoms with E-state index in [2.05, 4.69) is 59.5 Å². The van der Waals surface area contributed by atoms with Crippen LogP contribution in [0.5, 0.6) is 0 Å². The van der Waals surface area contributed by atoms with Gasteiger partial charge in [-0.15, -0.1) is 11.3 Å². The van der Waals surface area contributed by atoms with Gasteiger partial charge in [0.1, 0.15) is 5.82 Å². The highest BCUT2D eigenvalue weighted by Gasteiger charge is 2.18. The van der Waals surface area contributed by atoms with Gasteiger partial charge in [-0.25, -0.2) is 4.98 Å². The van der Waals surface area contributed by atoms with Crippen molar-refractivity contribution in [1.29, 1.82) is 0 Å². The minimum absolute atomic E-state index is 0.0248. The summed E-state index contributed by atoms with van der Waals surface area (Å²) in [5.74, 6) is 1.36. The van der Waals surface area contributed by atoms with Gasteiger partial charge in [0.2, 0.25) is 5.91 Å². The molecule has 4 aromatic rings. The Morgan fingerprint density at radius 1 is 1.03 bits per heavy atom. The summed E-state index contributed by atoms with van der Waals surface area (Å²) in [7, 11) is 0. The number of imidazole rings is 1. The fourth-order valence-electron chi connectivity index (χ4n) is 3.44. The Balaban J connectivity index is 1.46. The molecule has 29 heavy (non-hydrogen) atoms. The van der Waals surface area contributed by atoms with E-state index in [1.165, 1.54) is 5.56 Å². The zero-order valence-electron chi connectivity index (χ0n) is 16.7. The number of amides is 1. The monoisotopic (exact) mass is 403 g/mol. The number of hydrogen-bond acceptors (Lipinski definition) is 3. The molecule has 0 spiro atoms. The summed E-state index contributed by atoms with van der Waals surface area (Å²) in [6, 6.07) is 20.5. The molecular weight excluding hydrogens is 378 g/mol. The predicted octanol–water partition coefficient (Wildman–Crippen LogP) is 5.59. The Morgan fingerprint density at radius 3 is 2.48 bits per heavy atom. The third-order valence-corrected chi connectivity index (χ3v) is 6.03. The van der Waals surface area contributed by atoms with Crippen LogP contribution in [0.4, 0.5) is 0 Å². The zero-order valence-corrected chi connectivity index (χ0v) is 17.5. The van der Waals surface area contributed by atoms with E-state index in [1.54, 1.807) is 11.3 Å². The summed E-state index contributed by atoms with van der Waals surface area (Å²) < 4.78 is 0. The number of aromatic nitrogens is 2. The number of carbonyl (C=O) groups is 1. The molecule has 0 saturated carbocycles. The normalized spacial score (nSPS) is 12.4. The molecule has 0 radical (unpaired) electrons. The van der Waals surface area contributed by atoms with Crippen molar-refractivity contribution in [3.63, 3.8) is 0 Å². The van der Waals surface area contributed by atoms with Crippen molar-refractivity contribution in [2.24, 2.45) is 0 Å². The van der Waals surface area contributed by atoms with Crippen molar-refractivity contribution in [3.05, 3.63) is 87.9 Å². The molecule has 4 nitrogen and oxygen atoms in total. The maximum atomic E-state index is 12.7. The molecule has 4 rings (SSSR count). The second kappa shape index (κ2) is 8.62. The first-order valence-corrected chi connectivity index (χ1v) is 10.8. The van der Waals surface area contributed by atoms with Gasteiger partial charge >= 0.3 is 0 Å². The molecule has 0 aliphatic carbocycles. The number of aryl methyl sites for hydroxylation is 1. The third-order valence-electron chi connectivity index (χ3n) is 5.10. The molecule has 1 unspecified atom stereocenters. The molecule has 148 valence electrons. The highest BCUT2D eigenvalue weighted by atomic mass is 32.1. The SMILES string of the molecule is CC(C)c1ccc(C(NC(=O)CCc2nc3ccccc3[nH]2)c2cccs2)cc1. The van der Waals surface area contributed by atoms with Crippen LogP contribution >= 0.6 is 11.3 Å². The van der Waals surface area contributed by atoms with Crippen LogP contribution in [-0.2, 0) is 11.2 Å². The van der Waals surface area contributed by atoms with Gasteiger partial charge < -0.3 is 10.3 Å². The molecule has 2 aromatic carbocycles. The molecule has 2 heterocycles. The molecule has 0 bridgehead atoms. The number of para-hydroxylation sites is 2. The lowest BCUT2D eigenvalue weighted by atomic mass is 9.98. The van der Waals surface area contributed by atoms with Crippen molar-refractivity contribution < 1.29 is 4.79 Å². The van der Waals surface area contributed by atoms with Gasteiger partial charge in [-0.05, 0) is 40.6 Å². The van der Waals surface area contributed by atoms with E-state index in [9.17, 15) is 4.79 Å². The van der Waals surface area contributed by atoms with Crippen LogP contribution in [0.3, 0.4) is 0 Å². The van der Waals surface area contributed by atoms with E-state index in [-0.39, 0.29) is 11.9 Å². The minimum Gasteiger partial charge on any atom is -0.344 e. The second-order valence-corrected chi connectivity index (χ2v) is 8.52. The lowest BCUT2D eigenvalue weighted by Crippen LogP contribution is -2.29. The standard InChI is InChI=1S/C24H25N3OS/c1-16(2)17-9-11-18(12-10-17)24(21-8-5-15-29-21)27-23(28)14-13-22-25-19-6-3-4-7-20(19)26-22/h3-12,15-16,24H,13-14H2,1-2H3,(H,25,26)(H,27,28). The number of H-pyrrole nitrogens is 1. The number of carbonyl (C=O) groups excluding carboxylic acids is 1. The Kier molecular flexibility index (Phi) is 5.76. The number of nitrogens with one attached hydrogen (secondary N) is 2. The maximum Gasteiger partial charge on any atom is 0.221 e. The summed E-state index contributed by atoms with van der Waals surface area (Å²) in [5.41, 5.74) is 4.35. The minimum atomic E-state index is -0.126. The maximum absolute atomic E-state index is 12.7. The number of rotatable bonds is 7. The van der Waals surface area contributed by atoms with Crippen LogP contribution in [0.2, 0.25) is 0 Å². The highest BCUT2D eigenvalue weighted by molar-refractivity contribution is 7.10. The lowest BCUT2D eigenvalue weighted by Gasteiger charge is -2.19. The number of thiophene rings is 1. The smallest absolute Gasteiger partial charge is 0.221 e. The summed E-state index contributed by atoms with van der Waals surface area (Å²) in [6.07, 6.45) is 0.982. The van der Waals surface area contributed by atoms with Crippen LogP contribution in [0.25, 0.3) is 11.0 Å². The van der Waals surface area contributed by atoms with Crippen molar-refractivity contribution in [2.75, 3.05) is 0 Å². The molecule has 2 N–H and O–H groups in total. The number of fused-ring (bicyclic) bond motifs is 1. The Labute approximate surface area is 175 Å². The number of aromatic amines is 1. The first kappa shape index (κ1) is 19.4. The highest BCUT2D eigenvalue weighted by Crippen LogP contribution is 2.27. The fourth-order valence-corrected chi connectivity index (χ4v) is 4.24. The van der Waals surface area contributed by atoms with Crippen molar-refractivity contribution in [2.45, 2.75) is 38.6 Å². The van der Waals surface area contributed by atoms with Crippen molar-refractivity contribution >= 4 is 28.3 Å². The first-order chi connectivity index (χ1) is 14.1. The van der Waals surface area contributed by atoms with Crippen LogP contribution in [0, 0.1) is 0 Å². The van der Waals surface area contributed by atoms with E-state index in [4.69, 9.17) is 0 Å². The van der Waals surface area contributed by atoms with Crippen molar-refractivity contribution in [3.8, 4) is 0 Å². The third kappa shape index (κ3) is 4.57. The average molecular weight is 404 g/mol. The molecular formula is C24H25N3OS. The molecule has 0 saturated heterocycles. The Morgan fingerprint density at radius 2 is 1.79 bits per heavy atom. The zero-order chi connectivity index (χ0) is 20.2. The van der Waals surface area contributed by atoms with Gasteiger partial charge in [0.05, 0.1) is 17.1 Å². The molecule has 2 aromatic heterocycles. The average Bonchev–Trinajstić information content (AvgIpc) is 3.40. The van der Waals surface area contributed by atoms with E-state index < -0.39 is 0 Å². The van der Waals surface area contributed by atoms with Crippen LogP contribution in [0.1, 0.15) is 54.1 Å². The molecule has 1 atom stereocenters. The molecule has 1 amide bonds. The topological polar surface area (TPSA) is 57.8 Å². The Bertz CT molecular complexity index is 1050. The predicted molar refractivity (Wildman–Crippen MR) is 119 cm³/mol. The molecule has 0 fully saturated rings. The summed E-state index contributed by atoms with van der Waals surface area (Å²) in [5, 5.41) is 5.27. The van der Waals surface area contributed by atoms with Crippen molar-refractivity contribution in [1.82, 2.24) is 15.3 Å². The molecule has 5 heteroatoms. The largest absolute Gasteiger partial charge is 0.344 e. The number of benzene rings is 2. The summed E-state index contributed by atoms with van der Waals surface area (Å²) >= 11 is 1.66. The van der Waals surface area contributed by atoms with E-state index in [1.807, 2.05) is 35.7 Å². The van der Waals surface area contributed by atoms with E-state index in [0.717, 1.165) is 27.3 Å². The quantitative estimate of drug-likeness (QED) is 0.423. The molecule has 0 aliphatic rings. The summed E-state index contributed by atoms with van der Waals surface area (Å²) in [6.45, 7) is 4.37. The number of nitrogens with zero attached hydrogens (tertiary/aromatic N) is 1. The van der Waals surface area contributed by atoms with Crippen LogP contribution < -0.4 is 5.32 Å². The second-order valence-electron chi connectivity index (χ2n) is 7.54.